The molecule has 0 aromatic rings. The number of unbranched alkanes of at least 4 members (excludes halogenated alkanes) is 3. The normalized spacial score (nSPS) is 8.80. The molecule has 0 spiro atoms. The minimum atomic E-state index is -0.455. The number of aliphatic hydroxyl groups is 1. The molecule has 0 aromatic heterocycles. The predicted molar refractivity (Wildman–Crippen MR) is 62.7 cm³/mol. The van der Waals surface area contributed by atoms with E-state index >= 15 is 0 Å². The molecule has 0 unspecified atom stereocenters. The van der Waals surface area contributed by atoms with E-state index in [-0.39, 0.29) is 13.2 Å². The molecule has 3 nitrogen and oxygen atoms in total. The second-order valence-corrected chi connectivity index (χ2v) is 3.35. The molecule has 0 saturated heterocycles. The fourth-order valence-electron chi connectivity index (χ4n) is 0.762. The highest BCUT2D eigenvalue weighted by Crippen LogP contribution is 1.95. The summed E-state index contributed by atoms with van der Waals surface area (Å²) in [4.78, 5) is 10.5. The van der Waals surface area contributed by atoms with Crippen molar-refractivity contribution >= 4 is 5.97 Å². The van der Waals surface area contributed by atoms with Crippen LogP contribution in [0.1, 0.15) is 46.5 Å². The Bertz CT molecular complexity index is 160. The number of ether oxygens (including phenoxy) is 1. The summed E-state index contributed by atoms with van der Waals surface area (Å²) in [6.45, 7) is 9.28. The Labute approximate surface area is 93.1 Å². The van der Waals surface area contributed by atoms with Crippen LogP contribution in [0, 0.1) is 0 Å². The lowest BCUT2D eigenvalue weighted by Crippen LogP contribution is -2.08. The van der Waals surface area contributed by atoms with Crippen molar-refractivity contribution in [2.24, 2.45) is 0 Å². The third kappa shape index (κ3) is 15.9. The summed E-state index contributed by atoms with van der Waals surface area (Å²) >= 11 is 0. The molecule has 15 heavy (non-hydrogen) atoms. The second kappa shape index (κ2) is 13.2. The van der Waals surface area contributed by atoms with Gasteiger partial charge in [-0.2, -0.15) is 0 Å². The molecule has 90 valence electrons. The van der Waals surface area contributed by atoms with Gasteiger partial charge in [-0.25, -0.2) is 4.79 Å². The highest BCUT2D eigenvalue weighted by atomic mass is 16.5. The van der Waals surface area contributed by atoms with Gasteiger partial charge in [-0.1, -0.05) is 46.1 Å². The van der Waals surface area contributed by atoms with Crippen molar-refractivity contribution in [3.63, 3.8) is 0 Å². The van der Waals surface area contributed by atoms with Gasteiger partial charge in [0.25, 0.3) is 0 Å². The smallest absolute Gasteiger partial charge is 0.333 e. The molecule has 0 atom stereocenters. The van der Waals surface area contributed by atoms with Crippen molar-refractivity contribution in [1.29, 1.82) is 0 Å². The van der Waals surface area contributed by atoms with E-state index in [0.29, 0.717) is 5.57 Å². The Morgan fingerprint density at radius 2 is 1.73 bits per heavy atom. The first kappa shape index (κ1) is 16.6. The minimum absolute atomic E-state index is 0.0473. The lowest BCUT2D eigenvalue weighted by atomic mass is 10.2. The van der Waals surface area contributed by atoms with Gasteiger partial charge in [0.2, 0.25) is 0 Å². The van der Waals surface area contributed by atoms with Gasteiger partial charge in [-0.15, -0.1) is 0 Å². The summed E-state index contributed by atoms with van der Waals surface area (Å²) in [5.74, 6) is -0.455. The zero-order valence-corrected chi connectivity index (χ0v) is 10.2. The molecule has 0 aliphatic rings. The van der Waals surface area contributed by atoms with Gasteiger partial charge in [0.1, 0.15) is 6.61 Å². The topological polar surface area (TPSA) is 46.5 Å². The molecule has 3 heteroatoms. The average molecular weight is 216 g/mol. The molecule has 0 heterocycles. The number of carbonyl (C=O) groups excluding carboxylic acids is 1. The van der Waals surface area contributed by atoms with Gasteiger partial charge in [-0.05, 0) is 6.92 Å². The van der Waals surface area contributed by atoms with E-state index in [1.54, 1.807) is 6.92 Å². The Balaban J connectivity index is 0. The highest BCUT2D eigenvalue weighted by molar-refractivity contribution is 5.86. The quantitative estimate of drug-likeness (QED) is 0.422. The summed E-state index contributed by atoms with van der Waals surface area (Å²) < 4.78 is 4.46. The van der Waals surface area contributed by atoms with Crippen LogP contribution in [-0.4, -0.2) is 24.3 Å². The zero-order chi connectivity index (χ0) is 12.1. The maximum atomic E-state index is 10.5. The molecule has 0 radical (unpaired) electrons. The fourth-order valence-corrected chi connectivity index (χ4v) is 0.762. The van der Waals surface area contributed by atoms with E-state index in [9.17, 15) is 4.79 Å². The minimum Gasteiger partial charge on any atom is -0.460 e. The summed E-state index contributed by atoms with van der Waals surface area (Å²) in [6.07, 6.45) is 5.54. The van der Waals surface area contributed by atoms with E-state index < -0.39 is 5.97 Å². The Morgan fingerprint density at radius 1 is 1.27 bits per heavy atom. The van der Waals surface area contributed by atoms with Crippen LogP contribution in [0.25, 0.3) is 0 Å². The molecule has 0 bridgehead atoms. The fraction of sp³-hybridized carbons (Fsp3) is 0.750. The van der Waals surface area contributed by atoms with Gasteiger partial charge in [-0.3, -0.25) is 0 Å². The summed E-state index contributed by atoms with van der Waals surface area (Å²) in [6, 6.07) is 0. The zero-order valence-electron chi connectivity index (χ0n) is 10.2. The van der Waals surface area contributed by atoms with Crippen LogP contribution >= 0.6 is 0 Å². The summed E-state index contributed by atoms with van der Waals surface area (Å²) in [5, 5.41) is 8.19. The number of hydrogen-bond donors (Lipinski definition) is 1. The third-order valence-corrected chi connectivity index (χ3v) is 1.63. The maximum absolute atomic E-state index is 10.5. The monoisotopic (exact) mass is 216 g/mol. The van der Waals surface area contributed by atoms with E-state index in [4.69, 9.17) is 5.11 Å². The molecular formula is C12H24O3. The number of rotatable bonds is 6. The number of hydrogen-bond acceptors (Lipinski definition) is 3. The second-order valence-electron chi connectivity index (χ2n) is 3.35. The summed E-state index contributed by atoms with van der Waals surface area (Å²) in [5.41, 5.74) is 0.350. The van der Waals surface area contributed by atoms with Gasteiger partial charge >= 0.3 is 5.97 Å². The molecule has 0 aromatic carbocycles. The summed E-state index contributed by atoms with van der Waals surface area (Å²) in [7, 11) is 0. The Kier molecular flexibility index (Phi) is 14.6. The van der Waals surface area contributed by atoms with Gasteiger partial charge in [0.05, 0.1) is 6.61 Å². The third-order valence-electron chi connectivity index (χ3n) is 1.63. The maximum Gasteiger partial charge on any atom is 0.333 e. The molecular weight excluding hydrogens is 192 g/mol. The van der Waals surface area contributed by atoms with Crippen molar-refractivity contribution < 1.29 is 14.6 Å². The molecule has 0 aliphatic carbocycles. The van der Waals surface area contributed by atoms with Gasteiger partial charge < -0.3 is 9.84 Å². The Hall–Kier alpha value is -0.830. The Morgan fingerprint density at radius 3 is 2.00 bits per heavy atom. The number of carbonyl (C=O) groups is 1. The molecule has 0 rings (SSSR count). The van der Waals surface area contributed by atoms with Crippen LogP contribution in [0.4, 0.5) is 0 Å². The molecule has 0 fully saturated rings. The lowest BCUT2D eigenvalue weighted by molar-refractivity contribution is -0.139. The molecule has 1 N–H and O–H groups in total. The van der Waals surface area contributed by atoms with E-state index in [1.165, 1.54) is 25.7 Å². The van der Waals surface area contributed by atoms with Crippen molar-refractivity contribution in [2.45, 2.75) is 46.5 Å². The highest BCUT2D eigenvalue weighted by Gasteiger charge is 1.99. The van der Waals surface area contributed by atoms with Crippen molar-refractivity contribution in [1.82, 2.24) is 0 Å². The van der Waals surface area contributed by atoms with Crippen molar-refractivity contribution in [2.75, 3.05) is 13.2 Å². The van der Waals surface area contributed by atoms with Crippen LogP contribution in [0.15, 0.2) is 12.2 Å². The van der Waals surface area contributed by atoms with E-state index in [1.807, 2.05) is 0 Å². The standard InChI is InChI=1S/C6H10O3.C6H14/c1-5(2)6(8)9-4-3-7;1-3-5-6-4-2/h7H,1,3-4H2,2H3;3-6H2,1-2H3. The molecule has 0 aliphatic heterocycles. The first-order valence-electron chi connectivity index (χ1n) is 5.53. The lowest BCUT2D eigenvalue weighted by Gasteiger charge is -1.99. The SMILES string of the molecule is C=C(C)C(=O)OCCO.CCCCCC. The van der Waals surface area contributed by atoms with Crippen molar-refractivity contribution in [3.05, 3.63) is 12.2 Å². The van der Waals surface area contributed by atoms with Crippen LogP contribution in [0.2, 0.25) is 0 Å². The van der Waals surface area contributed by atoms with Crippen LogP contribution in [0.5, 0.6) is 0 Å². The van der Waals surface area contributed by atoms with Crippen LogP contribution < -0.4 is 0 Å². The van der Waals surface area contributed by atoms with Gasteiger partial charge in [0.15, 0.2) is 0 Å². The molecule has 0 amide bonds. The first-order chi connectivity index (χ1) is 7.09. The number of esters is 1. The molecule has 0 saturated carbocycles. The average Bonchev–Trinajstić information content (AvgIpc) is 2.23. The number of aliphatic hydroxyl groups excluding tert-OH is 1. The van der Waals surface area contributed by atoms with Gasteiger partial charge in [0, 0.05) is 5.57 Å². The van der Waals surface area contributed by atoms with E-state index in [2.05, 4.69) is 25.2 Å². The van der Waals surface area contributed by atoms with Crippen LogP contribution in [-0.2, 0) is 9.53 Å². The predicted octanol–water partition coefficient (Wildman–Crippen LogP) is 2.68. The van der Waals surface area contributed by atoms with Crippen LogP contribution in [0.3, 0.4) is 0 Å². The first-order valence-corrected chi connectivity index (χ1v) is 5.53. The van der Waals surface area contributed by atoms with Crippen molar-refractivity contribution in [3.8, 4) is 0 Å². The van der Waals surface area contributed by atoms with E-state index in [0.717, 1.165) is 0 Å². The largest absolute Gasteiger partial charge is 0.460 e.